The van der Waals surface area contributed by atoms with Crippen LogP contribution in [0.15, 0.2) is 10.7 Å². The maximum atomic E-state index is 12.2. The summed E-state index contributed by atoms with van der Waals surface area (Å²) in [5.41, 5.74) is -1.23. The van der Waals surface area contributed by atoms with Crippen LogP contribution in [0, 0.1) is 0 Å². The number of alkyl halides is 3. The fourth-order valence-corrected chi connectivity index (χ4v) is 1.28. The van der Waals surface area contributed by atoms with Crippen molar-refractivity contribution < 1.29 is 27.2 Å². The van der Waals surface area contributed by atoms with Crippen LogP contribution in [0.5, 0.6) is 0 Å². The molecule has 2 rings (SSSR count). The Bertz CT molecular complexity index is 452. The molecule has 1 saturated heterocycles. The first-order valence-electron chi connectivity index (χ1n) is 4.23. The van der Waals surface area contributed by atoms with Crippen LogP contribution in [0.3, 0.4) is 0 Å². The average molecular weight is 234 g/mol. The summed E-state index contributed by atoms with van der Waals surface area (Å²) in [5, 5.41) is 0. The fraction of sp³-hybridized carbons (Fsp3) is 0.375. The Morgan fingerprint density at radius 1 is 1.38 bits per heavy atom. The Kier molecular flexibility index (Phi) is 2.21. The van der Waals surface area contributed by atoms with Crippen molar-refractivity contribution in [1.29, 1.82) is 0 Å². The number of halogens is 3. The molecule has 0 N–H and O–H groups in total. The quantitative estimate of drug-likeness (QED) is 0.680. The molecule has 1 fully saturated rings. The highest BCUT2D eigenvalue weighted by molar-refractivity contribution is 6.14. The van der Waals surface area contributed by atoms with E-state index in [1.54, 1.807) is 0 Å². The van der Waals surface area contributed by atoms with Gasteiger partial charge in [0.15, 0.2) is 11.5 Å². The third-order valence-corrected chi connectivity index (χ3v) is 2.00. The number of rotatable bonds is 1. The highest BCUT2D eigenvalue weighted by Gasteiger charge is 2.38. The summed E-state index contributed by atoms with van der Waals surface area (Å²) < 4.78 is 41.0. The monoisotopic (exact) mass is 234 g/mol. The topological polar surface area (TPSA) is 63.4 Å². The van der Waals surface area contributed by atoms with Crippen LogP contribution < -0.4 is 4.90 Å². The van der Waals surface area contributed by atoms with E-state index >= 15 is 0 Å². The van der Waals surface area contributed by atoms with Crippen molar-refractivity contribution in [3.8, 4) is 0 Å². The normalized spacial score (nSPS) is 17.3. The zero-order valence-electron chi connectivity index (χ0n) is 7.74. The van der Waals surface area contributed by atoms with Crippen molar-refractivity contribution in [2.75, 3.05) is 11.4 Å². The van der Waals surface area contributed by atoms with Crippen LogP contribution in [-0.4, -0.2) is 23.2 Å². The summed E-state index contributed by atoms with van der Waals surface area (Å²) in [6.07, 6.45) is -4.55. The molecule has 0 bridgehead atoms. The van der Waals surface area contributed by atoms with E-state index in [0.717, 1.165) is 4.90 Å². The Morgan fingerprint density at radius 2 is 2.06 bits per heavy atom. The van der Waals surface area contributed by atoms with Gasteiger partial charge in [0.1, 0.15) is 6.26 Å². The van der Waals surface area contributed by atoms with Gasteiger partial charge in [-0.3, -0.25) is 14.5 Å². The lowest BCUT2D eigenvalue weighted by atomic mass is 10.3. The molecule has 86 valence electrons. The molecular formula is C8H5F3N2O3. The highest BCUT2D eigenvalue weighted by Crippen LogP contribution is 2.30. The van der Waals surface area contributed by atoms with Gasteiger partial charge in [0.2, 0.25) is 5.91 Å². The molecule has 1 aromatic heterocycles. The first kappa shape index (κ1) is 10.7. The fourth-order valence-electron chi connectivity index (χ4n) is 1.28. The van der Waals surface area contributed by atoms with E-state index in [-0.39, 0.29) is 18.7 Å². The van der Waals surface area contributed by atoms with Crippen LogP contribution in [0.2, 0.25) is 0 Å². The zero-order chi connectivity index (χ0) is 11.9. The molecular weight excluding hydrogens is 229 g/mol. The van der Waals surface area contributed by atoms with Gasteiger partial charge in [-0.15, -0.1) is 0 Å². The SMILES string of the molecule is O=C1CC(=O)N(c2nc(C(F)(F)F)co2)C1. The van der Waals surface area contributed by atoms with Gasteiger partial charge >= 0.3 is 12.2 Å². The van der Waals surface area contributed by atoms with Crippen LogP contribution in [0.1, 0.15) is 12.1 Å². The van der Waals surface area contributed by atoms with Crippen molar-refractivity contribution in [2.24, 2.45) is 0 Å². The minimum absolute atomic E-state index is 0.295. The molecule has 0 aliphatic carbocycles. The van der Waals surface area contributed by atoms with E-state index in [1.807, 2.05) is 0 Å². The van der Waals surface area contributed by atoms with Gasteiger partial charge in [-0.2, -0.15) is 18.2 Å². The lowest BCUT2D eigenvalue weighted by Crippen LogP contribution is -2.25. The van der Waals surface area contributed by atoms with Gasteiger partial charge in [-0.25, -0.2) is 0 Å². The predicted octanol–water partition coefficient (Wildman–Crippen LogP) is 0.999. The molecule has 0 spiro atoms. The molecule has 0 saturated carbocycles. The van der Waals surface area contributed by atoms with Gasteiger partial charge in [-0.1, -0.05) is 0 Å². The molecule has 0 atom stereocenters. The number of ketones is 1. The number of aromatic nitrogens is 1. The van der Waals surface area contributed by atoms with Gasteiger partial charge in [0.25, 0.3) is 0 Å². The second kappa shape index (κ2) is 3.32. The first-order valence-corrected chi connectivity index (χ1v) is 4.23. The lowest BCUT2D eigenvalue weighted by Gasteiger charge is -2.07. The molecule has 1 aliphatic heterocycles. The van der Waals surface area contributed by atoms with Crippen LogP contribution >= 0.6 is 0 Å². The second-order valence-electron chi connectivity index (χ2n) is 3.21. The van der Waals surface area contributed by atoms with E-state index in [9.17, 15) is 22.8 Å². The van der Waals surface area contributed by atoms with Crippen LogP contribution in [0.25, 0.3) is 0 Å². The Balaban J connectivity index is 2.26. The molecule has 0 unspecified atom stereocenters. The molecule has 1 aromatic rings. The van der Waals surface area contributed by atoms with Crippen molar-refractivity contribution >= 4 is 17.7 Å². The Hall–Kier alpha value is -1.86. The Labute approximate surface area is 86.8 Å². The van der Waals surface area contributed by atoms with Gasteiger partial charge in [0.05, 0.1) is 13.0 Å². The predicted molar refractivity (Wildman–Crippen MR) is 43.5 cm³/mol. The van der Waals surface area contributed by atoms with Gasteiger partial charge in [-0.05, 0) is 0 Å². The standard InChI is InChI=1S/C8H5F3N2O3/c9-8(10,11)5-3-16-7(12-5)13-2-4(14)1-6(13)15/h3H,1-2H2. The number of Topliss-reactive ketones (excluding diaryl/α,β-unsaturated/α-hetero) is 1. The molecule has 0 radical (unpaired) electrons. The number of hydrogen-bond acceptors (Lipinski definition) is 4. The number of carbonyl (C=O) groups is 2. The third-order valence-electron chi connectivity index (χ3n) is 2.00. The van der Waals surface area contributed by atoms with Crippen molar-refractivity contribution in [3.05, 3.63) is 12.0 Å². The summed E-state index contributed by atoms with van der Waals surface area (Å²) in [5.74, 6) is -0.989. The van der Waals surface area contributed by atoms with Crippen LogP contribution in [-0.2, 0) is 15.8 Å². The molecule has 16 heavy (non-hydrogen) atoms. The largest absolute Gasteiger partial charge is 0.436 e. The summed E-state index contributed by atoms with van der Waals surface area (Å²) in [7, 11) is 0. The lowest BCUT2D eigenvalue weighted by molar-refractivity contribution is -0.141. The number of anilines is 1. The number of hydrogen-bond donors (Lipinski definition) is 0. The number of carbonyl (C=O) groups excluding carboxylic acids is 2. The van der Waals surface area contributed by atoms with Crippen molar-refractivity contribution in [1.82, 2.24) is 4.98 Å². The minimum atomic E-state index is -4.63. The molecule has 1 amide bonds. The smallest absolute Gasteiger partial charge is 0.431 e. The highest BCUT2D eigenvalue weighted by atomic mass is 19.4. The minimum Gasteiger partial charge on any atom is -0.431 e. The summed E-state index contributed by atoms with van der Waals surface area (Å²) in [4.78, 5) is 26.0. The summed E-state index contributed by atoms with van der Waals surface area (Å²) in [6.45, 7) is -0.295. The van der Waals surface area contributed by atoms with Crippen molar-refractivity contribution in [3.63, 3.8) is 0 Å². The van der Waals surface area contributed by atoms with Gasteiger partial charge in [0, 0.05) is 0 Å². The number of nitrogens with zero attached hydrogens (tertiary/aromatic N) is 2. The van der Waals surface area contributed by atoms with E-state index < -0.39 is 23.8 Å². The molecule has 2 heterocycles. The number of oxazole rings is 1. The first-order chi connectivity index (χ1) is 7.38. The molecule has 8 heteroatoms. The van der Waals surface area contributed by atoms with E-state index in [4.69, 9.17) is 0 Å². The maximum absolute atomic E-state index is 12.2. The molecule has 0 aromatic carbocycles. The molecule has 1 aliphatic rings. The maximum Gasteiger partial charge on any atom is 0.436 e. The van der Waals surface area contributed by atoms with E-state index in [2.05, 4.69) is 9.40 Å². The van der Waals surface area contributed by atoms with E-state index in [1.165, 1.54) is 0 Å². The third kappa shape index (κ3) is 1.77. The average Bonchev–Trinajstić information content (AvgIpc) is 2.70. The second-order valence-corrected chi connectivity index (χ2v) is 3.21. The van der Waals surface area contributed by atoms with E-state index in [0.29, 0.717) is 6.26 Å². The zero-order valence-corrected chi connectivity index (χ0v) is 7.74. The van der Waals surface area contributed by atoms with Crippen LogP contribution in [0.4, 0.5) is 19.2 Å². The number of amides is 1. The Morgan fingerprint density at radius 3 is 2.50 bits per heavy atom. The summed E-state index contributed by atoms with van der Waals surface area (Å²) in [6, 6.07) is -0.497. The van der Waals surface area contributed by atoms with Gasteiger partial charge < -0.3 is 4.42 Å². The summed E-state index contributed by atoms with van der Waals surface area (Å²) >= 11 is 0. The molecule has 5 nitrogen and oxygen atoms in total. The van der Waals surface area contributed by atoms with Crippen molar-refractivity contribution in [2.45, 2.75) is 12.6 Å².